The van der Waals surface area contributed by atoms with E-state index < -0.39 is 0 Å². The Morgan fingerprint density at radius 1 is 1.53 bits per heavy atom. The summed E-state index contributed by atoms with van der Waals surface area (Å²) in [6, 6.07) is 2.69. The molecule has 3 rings (SSSR count). The van der Waals surface area contributed by atoms with Crippen molar-refractivity contribution < 1.29 is 9.18 Å². The minimum atomic E-state index is -0.358. The maximum atomic E-state index is 13.5. The topological polar surface area (TPSA) is 72.9 Å². The molecule has 1 aromatic carbocycles. The lowest BCUT2D eigenvalue weighted by Crippen LogP contribution is -2.38. The van der Waals surface area contributed by atoms with Crippen LogP contribution in [0, 0.1) is 12.7 Å². The third-order valence-corrected chi connectivity index (χ3v) is 3.57. The fourth-order valence-corrected chi connectivity index (χ4v) is 2.57. The van der Waals surface area contributed by atoms with E-state index in [0.29, 0.717) is 23.1 Å². The number of amides is 1. The first-order valence-corrected chi connectivity index (χ1v) is 6.29. The van der Waals surface area contributed by atoms with Crippen molar-refractivity contribution >= 4 is 22.9 Å². The van der Waals surface area contributed by atoms with E-state index in [0.717, 1.165) is 12.8 Å². The molecule has 2 heterocycles. The van der Waals surface area contributed by atoms with Gasteiger partial charge in [-0.05, 0) is 31.4 Å². The number of aromatic nitrogens is 2. The molecular formula is C13H15FN4O. The minimum absolute atomic E-state index is 0.0563. The molecule has 1 saturated heterocycles. The number of fused-ring (bicyclic) bond motifs is 1. The van der Waals surface area contributed by atoms with E-state index >= 15 is 0 Å². The van der Waals surface area contributed by atoms with Crippen LogP contribution < -0.4 is 11.1 Å². The van der Waals surface area contributed by atoms with Gasteiger partial charge in [0.2, 0.25) is 11.9 Å². The molecule has 3 N–H and O–H groups in total. The summed E-state index contributed by atoms with van der Waals surface area (Å²) in [5, 5.41) is 2.82. The summed E-state index contributed by atoms with van der Waals surface area (Å²) in [6.07, 6.45) is 1.62. The van der Waals surface area contributed by atoms with Crippen molar-refractivity contribution in [3.63, 3.8) is 0 Å². The Labute approximate surface area is 109 Å². The summed E-state index contributed by atoms with van der Waals surface area (Å²) in [7, 11) is 0. The number of nitrogen functional groups attached to an aromatic ring is 1. The molecule has 1 unspecified atom stereocenters. The van der Waals surface area contributed by atoms with E-state index in [1.54, 1.807) is 17.6 Å². The SMILES string of the molecule is Cc1cc2c(cc1F)nc(N)n2C1CCCNC1=O. The van der Waals surface area contributed by atoms with Crippen LogP contribution in [0.4, 0.5) is 10.3 Å². The summed E-state index contributed by atoms with van der Waals surface area (Å²) in [6.45, 7) is 2.37. The molecule has 0 bridgehead atoms. The third-order valence-electron chi connectivity index (χ3n) is 3.57. The molecule has 1 atom stereocenters. The number of piperidine rings is 1. The summed E-state index contributed by atoms with van der Waals surface area (Å²) in [5.74, 6) is -0.119. The molecule has 1 aromatic heterocycles. The number of carbonyl (C=O) groups excluding carboxylic acids is 1. The smallest absolute Gasteiger partial charge is 0.243 e. The van der Waals surface area contributed by atoms with Gasteiger partial charge in [-0.2, -0.15) is 0 Å². The predicted molar refractivity (Wildman–Crippen MR) is 70.1 cm³/mol. The second kappa shape index (κ2) is 4.22. The van der Waals surface area contributed by atoms with Crippen molar-refractivity contribution in [3.8, 4) is 0 Å². The van der Waals surface area contributed by atoms with E-state index in [1.807, 2.05) is 0 Å². The zero-order chi connectivity index (χ0) is 13.6. The van der Waals surface area contributed by atoms with E-state index in [4.69, 9.17) is 5.73 Å². The molecule has 0 spiro atoms. The number of nitrogens with two attached hydrogens (primary N) is 1. The molecule has 5 nitrogen and oxygen atoms in total. The largest absolute Gasteiger partial charge is 0.369 e. The number of rotatable bonds is 1. The van der Waals surface area contributed by atoms with Crippen molar-refractivity contribution in [3.05, 3.63) is 23.5 Å². The van der Waals surface area contributed by atoms with E-state index in [-0.39, 0.29) is 23.7 Å². The molecule has 0 aliphatic carbocycles. The van der Waals surface area contributed by atoms with Crippen molar-refractivity contribution in [1.82, 2.24) is 14.9 Å². The summed E-state index contributed by atoms with van der Waals surface area (Å²) in [5.41, 5.74) is 7.61. The van der Waals surface area contributed by atoms with Gasteiger partial charge in [-0.25, -0.2) is 9.37 Å². The Balaban J connectivity index is 2.19. The lowest BCUT2D eigenvalue weighted by atomic mass is 10.1. The molecular weight excluding hydrogens is 247 g/mol. The lowest BCUT2D eigenvalue weighted by molar-refractivity contribution is -0.125. The highest BCUT2D eigenvalue weighted by Crippen LogP contribution is 2.28. The average molecular weight is 262 g/mol. The van der Waals surface area contributed by atoms with Crippen LogP contribution >= 0.6 is 0 Å². The van der Waals surface area contributed by atoms with Crippen LogP contribution in [0.2, 0.25) is 0 Å². The van der Waals surface area contributed by atoms with Gasteiger partial charge in [0, 0.05) is 12.6 Å². The Hall–Kier alpha value is -2.11. The second-order valence-electron chi connectivity index (χ2n) is 4.88. The standard InChI is InChI=1S/C13H15FN4O/c1-7-5-11-9(6-8(7)14)17-13(15)18(11)10-3-2-4-16-12(10)19/h5-6,10H,2-4H2,1H3,(H2,15,17)(H,16,19). The molecule has 100 valence electrons. The Kier molecular flexibility index (Phi) is 2.66. The quantitative estimate of drug-likeness (QED) is 0.818. The predicted octanol–water partition coefficient (Wildman–Crippen LogP) is 1.52. The van der Waals surface area contributed by atoms with Gasteiger partial charge in [0.25, 0.3) is 0 Å². The number of aryl methyl sites for hydroxylation is 1. The Morgan fingerprint density at radius 2 is 2.32 bits per heavy atom. The second-order valence-corrected chi connectivity index (χ2v) is 4.88. The number of hydrogen-bond acceptors (Lipinski definition) is 3. The molecule has 0 saturated carbocycles. The fraction of sp³-hybridized carbons (Fsp3) is 0.385. The zero-order valence-corrected chi connectivity index (χ0v) is 10.6. The van der Waals surface area contributed by atoms with Gasteiger partial charge in [0.05, 0.1) is 11.0 Å². The number of carbonyl (C=O) groups is 1. The normalized spacial score (nSPS) is 19.7. The van der Waals surface area contributed by atoms with Crippen LogP contribution in [-0.4, -0.2) is 22.0 Å². The first-order chi connectivity index (χ1) is 9.08. The van der Waals surface area contributed by atoms with Gasteiger partial charge in [-0.15, -0.1) is 0 Å². The molecule has 1 aliphatic heterocycles. The minimum Gasteiger partial charge on any atom is -0.369 e. The van der Waals surface area contributed by atoms with Gasteiger partial charge >= 0.3 is 0 Å². The van der Waals surface area contributed by atoms with Gasteiger partial charge in [-0.3, -0.25) is 9.36 Å². The van der Waals surface area contributed by atoms with Gasteiger partial charge in [0.15, 0.2) is 0 Å². The van der Waals surface area contributed by atoms with Crippen LogP contribution in [0.25, 0.3) is 11.0 Å². The van der Waals surface area contributed by atoms with Gasteiger partial charge in [-0.1, -0.05) is 0 Å². The number of nitrogens with one attached hydrogen (secondary N) is 1. The molecule has 1 fully saturated rings. The first-order valence-electron chi connectivity index (χ1n) is 6.29. The van der Waals surface area contributed by atoms with Crippen LogP contribution in [0.1, 0.15) is 24.4 Å². The Bertz CT molecular complexity index is 664. The average Bonchev–Trinajstić information content (AvgIpc) is 2.66. The molecule has 19 heavy (non-hydrogen) atoms. The van der Waals surface area contributed by atoms with Crippen molar-refractivity contribution in [1.29, 1.82) is 0 Å². The summed E-state index contributed by atoms with van der Waals surface area (Å²) < 4.78 is 15.2. The van der Waals surface area contributed by atoms with Gasteiger partial charge < -0.3 is 11.1 Å². The van der Waals surface area contributed by atoms with Crippen LogP contribution in [0.5, 0.6) is 0 Å². The zero-order valence-electron chi connectivity index (χ0n) is 10.6. The highest BCUT2D eigenvalue weighted by Gasteiger charge is 2.27. The number of anilines is 1. The highest BCUT2D eigenvalue weighted by molar-refractivity contribution is 5.86. The van der Waals surface area contributed by atoms with Crippen molar-refractivity contribution in [2.24, 2.45) is 0 Å². The summed E-state index contributed by atoms with van der Waals surface area (Å²) in [4.78, 5) is 16.1. The first kappa shape index (κ1) is 12.0. The number of halogens is 1. The third kappa shape index (κ3) is 1.83. The van der Waals surface area contributed by atoms with E-state index in [1.165, 1.54) is 6.07 Å². The molecule has 1 aliphatic rings. The van der Waals surface area contributed by atoms with Crippen molar-refractivity contribution in [2.75, 3.05) is 12.3 Å². The number of benzene rings is 1. The monoisotopic (exact) mass is 262 g/mol. The van der Waals surface area contributed by atoms with Crippen LogP contribution in [0.15, 0.2) is 12.1 Å². The number of imidazole rings is 1. The number of hydrogen-bond donors (Lipinski definition) is 2. The van der Waals surface area contributed by atoms with Crippen LogP contribution in [-0.2, 0) is 4.79 Å². The fourth-order valence-electron chi connectivity index (χ4n) is 2.57. The molecule has 2 aromatic rings. The van der Waals surface area contributed by atoms with E-state index in [9.17, 15) is 9.18 Å². The van der Waals surface area contributed by atoms with Gasteiger partial charge in [0.1, 0.15) is 11.9 Å². The van der Waals surface area contributed by atoms with E-state index in [2.05, 4.69) is 10.3 Å². The Morgan fingerprint density at radius 3 is 3.05 bits per heavy atom. The maximum Gasteiger partial charge on any atom is 0.243 e. The molecule has 1 amide bonds. The van der Waals surface area contributed by atoms with Crippen molar-refractivity contribution in [2.45, 2.75) is 25.8 Å². The summed E-state index contributed by atoms with van der Waals surface area (Å²) >= 11 is 0. The number of nitrogens with zero attached hydrogens (tertiary/aromatic N) is 2. The molecule has 0 radical (unpaired) electrons. The highest BCUT2D eigenvalue weighted by atomic mass is 19.1. The lowest BCUT2D eigenvalue weighted by Gasteiger charge is -2.24. The molecule has 6 heteroatoms. The maximum absolute atomic E-state index is 13.5. The van der Waals surface area contributed by atoms with Crippen LogP contribution in [0.3, 0.4) is 0 Å².